The number of aryl methyl sites for hydroxylation is 1. The molecule has 5 nitrogen and oxygen atoms in total. The molecule has 0 radical (unpaired) electrons. The lowest BCUT2D eigenvalue weighted by molar-refractivity contribution is 0.284. The number of hydrazone groups is 1. The summed E-state index contributed by atoms with van der Waals surface area (Å²) in [4.78, 5) is 4.27. The summed E-state index contributed by atoms with van der Waals surface area (Å²) in [5.41, 5.74) is 5.29. The Balaban J connectivity index is 1.73. The SMILES string of the molecule is COc1cc(C=NNc2nc(C)cs2)c(Cl)cc1OCc1ccc(Cl)cc1Cl. The summed E-state index contributed by atoms with van der Waals surface area (Å²) in [5.74, 6) is 1.03. The minimum absolute atomic E-state index is 0.251. The second kappa shape index (κ2) is 9.47. The Bertz CT molecular complexity index is 1010. The minimum atomic E-state index is 0.251. The Kier molecular flexibility index (Phi) is 7.02. The number of nitrogens with zero attached hydrogens (tertiary/aromatic N) is 2. The Morgan fingerprint density at radius 2 is 1.96 bits per heavy atom. The average molecular weight is 457 g/mol. The van der Waals surface area contributed by atoms with E-state index < -0.39 is 0 Å². The van der Waals surface area contributed by atoms with Crippen LogP contribution in [0.25, 0.3) is 0 Å². The fourth-order valence-corrected chi connectivity index (χ4v) is 3.58. The zero-order valence-electron chi connectivity index (χ0n) is 15.0. The molecule has 0 aliphatic carbocycles. The number of anilines is 1. The van der Waals surface area contributed by atoms with Gasteiger partial charge in [-0.3, -0.25) is 5.43 Å². The Morgan fingerprint density at radius 3 is 2.64 bits per heavy atom. The van der Waals surface area contributed by atoms with Crippen LogP contribution in [0.1, 0.15) is 16.8 Å². The first-order chi connectivity index (χ1) is 13.5. The molecule has 28 heavy (non-hydrogen) atoms. The second-order valence-corrected chi connectivity index (χ2v) is 7.82. The third kappa shape index (κ3) is 5.29. The van der Waals surface area contributed by atoms with E-state index in [4.69, 9.17) is 44.3 Å². The van der Waals surface area contributed by atoms with Gasteiger partial charge in [-0.05, 0) is 25.1 Å². The van der Waals surface area contributed by atoms with Crippen molar-refractivity contribution in [1.82, 2.24) is 4.98 Å². The van der Waals surface area contributed by atoms with Crippen molar-refractivity contribution in [3.8, 4) is 11.5 Å². The maximum Gasteiger partial charge on any atom is 0.203 e. The van der Waals surface area contributed by atoms with Gasteiger partial charge in [-0.15, -0.1) is 11.3 Å². The number of benzene rings is 2. The molecular formula is C19H16Cl3N3O2S. The van der Waals surface area contributed by atoms with E-state index in [2.05, 4.69) is 15.5 Å². The van der Waals surface area contributed by atoms with E-state index in [1.54, 1.807) is 37.6 Å². The van der Waals surface area contributed by atoms with Gasteiger partial charge in [0, 0.05) is 32.6 Å². The Morgan fingerprint density at radius 1 is 1.14 bits per heavy atom. The first-order valence-electron chi connectivity index (χ1n) is 8.11. The number of nitrogens with one attached hydrogen (secondary N) is 1. The lowest BCUT2D eigenvalue weighted by Crippen LogP contribution is -2.00. The van der Waals surface area contributed by atoms with Gasteiger partial charge in [-0.1, -0.05) is 40.9 Å². The number of aromatic nitrogens is 1. The van der Waals surface area contributed by atoms with Crippen molar-refractivity contribution in [3.63, 3.8) is 0 Å². The summed E-state index contributed by atoms with van der Waals surface area (Å²) in [6, 6.07) is 8.67. The van der Waals surface area contributed by atoms with Gasteiger partial charge >= 0.3 is 0 Å². The van der Waals surface area contributed by atoms with Crippen LogP contribution in [0.4, 0.5) is 5.13 Å². The molecule has 2 aromatic carbocycles. The molecule has 0 saturated heterocycles. The molecule has 1 aromatic heterocycles. The number of thiazole rings is 1. The van der Waals surface area contributed by atoms with E-state index in [0.29, 0.717) is 37.3 Å². The summed E-state index contributed by atoms with van der Waals surface area (Å²) >= 11 is 19.9. The van der Waals surface area contributed by atoms with Gasteiger partial charge in [0.2, 0.25) is 5.13 Å². The zero-order valence-corrected chi connectivity index (χ0v) is 18.1. The zero-order chi connectivity index (χ0) is 20.1. The quantitative estimate of drug-likeness (QED) is 0.328. The largest absolute Gasteiger partial charge is 0.493 e. The maximum absolute atomic E-state index is 6.37. The molecule has 0 aliphatic heterocycles. The summed E-state index contributed by atoms with van der Waals surface area (Å²) in [6.45, 7) is 2.17. The molecule has 146 valence electrons. The first kappa shape index (κ1) is 20.7. The van der Waals surface area contributed by atoms with Gasteiger partial charge in [0.1, 0.15) is 6.61 Å². The molecule has 0 amide bonds. The Hall–Kier alpha value is -1.99. The van der Waals surface area contributed by atoms with Crippen LogP contribution in [-0.4, -0.2) is 18.3 Å². The Labute approximate surface area is 181 Å². The van der Waals surface area contributed by atoms with E-state index >= 15 is 0 Å². The van der Waals surface area contributed by atoms with Crippen LogP contribution in [0.15, 0.2) is 40.8 Å². The monoisotopic (exact) mass is 455 g/mol. The highest BCUT2D eigenvalue weighted by Gasteiger charge is 2.11. The number of halogens is 3. The van der Waals surface area contributed by atoms with E-state index in [-0.39, 0.29) is 6.61 Å². The standard InChI is InChI=1S/C19H16Cl3N3O2S/c1-11-10-28-19(24-11)25-23-8-13-5-17(26-2)18(7-16(13)22)27-9-12-3-4-14(20)6-15(12)21/h3-8,10H,9H2,1-2H3,(H,24,25). The number of hydrogen-bond donors (Lipinski definition) is 1. The molecule has 3 rings (SSSR count). The molecule has 3 aromatic rings. The molecule has 0 unspecified atom stereocenters. The van der Waals surface area contributed by atoms with Crippen molar-refractivity contribution in [2.24, 2.45) is 5.10 Å². The van der Waals surface area contributed by atoms with E-state index in [1.165, 1.54) is 11.3 Å². The molecule has 0 aliphatic rings. The van der Waals surface area contributed by atoms with Gasteiger partial charge in [-0.2, -0.15) is 5.10 Å². The molecule has 0 atom stereocenters. The van der Waals surface area contributed by atoms with Gasteiger partial charge in [0.05, 0.1) is 24.0 Å². The van der Waals surface area contributed by atoms with Crippen molar-refractivity contribution in [2.75, 3.05) is 12.5 Å². The summed E-state index contributed by atoms with van der Waals surface area (Å²) in [5, 5.41) is 8.38. The van der Waals surface area contributed by atoms with Crippen molar-refractivity contribution in [2.45, 2.75) is 13.5 Å². The van der Waals surface area contributed by atoms with Crippen LogP contribution in [0.2, 0.25) is 15.1 Å². The highest BCUT2D eigenvalue weighted by atomic mass is 35.5. The van der Waals surface area contributed by atoms with E-state index in [9.17, 15) is 0 Å². The molecule has 0 fully saturated rings. The highest BCUT2D eigenvalue weighted by Crippen LogP contribution is 2.34. The van der Waals surface area contributed by atoms with Crippen LogP contribution in [0, 0.1) is 6.92 Å². The lowest BCUT2D eigenvalue weighted by atomic mass is 10.2. The molecular weight excluding hydrogens is 441 g/mol. The number of methoxy groups -OCH3 is 1. The second-order valence-electron chi connectivity index (χ2n) is 5.71. The van der Waals surface area contributed by atoms with Gasteiger partial charge < -0.3 is 9.47 Å². The van der Waals surface area contributed by atoms with Gasteiger partial charge in [0.15, 0.2) is 11.5 Å². The third-order valence-electron chi connectivity index (χ3n) is 3.66. The van der Waals surface area contributed by atoms with E-state index in [0.717, 1.165) is 11.3 Å². The smallest absolute Gasteiger partial charge is 0.203 e. The van der Waals surface area contributed by atoms with Crippen molar-refractivity contribution < 1.29 is 9.47 Å². The van der Waals surface area contributed by atoms with E-state index in [1.807, 2.05) is 18.4 Å². The summed E-state index contributed by atoms with van der Waals surface area (Å²) in [6.07, 6.45) is 1.60. The molecule has 9 heteroatoms. The fraction of sp³-hybridized carbons (Fsp3) is 0.158. The number of rotatable bonds is 7. The molecule has 1 N–H and O–H groups in total. The molecule has 0 bridgehead atoms. The predicted octanol–water partition coefficient (Wildman–Crippen LogP) is 6.45. The summed E-state index contributed by atoms with van der Waals surface area (Å²) in [7, 11) is 1.56. The lowest BCUT2D eigenvalue weighted by Gasteiger charge is -2.13. The molecule has 0 spiro atoms. The van der Waals surface area contributed by atoms with Crippen molar-refractivity contribution >= 4 is 57.5 Å². The van der Waals surface area contributed by atoms with Gasteiger partial charge in [-0.25, -0.2) is 4.98 Å². The first-order valence-corrected chi connectivity index (χ1v) is 10.1. The number of ether oxygens (including phenoxy) is 2. The van der Waals surface area contributed by atoms with Crippen LogP contribution < -0.4 is 14.9 Å². The normalized spacial score (nSPS) is 11.0. The van der Waals surface area contributed by atoms with Crippen molar-refractivity contribution in [1.29, 1.82) is 0 Å². The topological polar surface area (TPSA) is 55.7 Å². The number of hydrogen-bond acceptors (Lipinski definition) is 6. The predicted molar refractivity (Wildman–Crippen MR) is 117 cm³/mol. The van der Waals surface area contributed by atoms with Gasteiger partial charge in [0.25, 0.3) is 0 Å². The molecule has 0 saturated carbocycles. The van der Waals surface area contributed by atoms with Crippen molar-refractivity contribution in [3.05, 3.63) is 67.6 Å². The third-order valence-corrected chi connectivity index (χ3v) is 5.44. The maximum atomic E-state index is 6.37. The fourth-order valence-electron chi connectivity index (χ4n) is 2.28. The van der Waals surface area contributed by atoms with Crippen LogP contribution in [0.3, 0.4) is 0 Å². The minimum Gasteiger partial charge on any atom is -0.493 e. The van der Waals surface area contributed by atoms with Crippen LogP contribution in [-0.2, 0) is 6.61 Å². The highest BCUT2D eigenvalue weighted by molar-refractivity contribution is 7.13. The van der Waals surface area contributed by atoms with Crippen LogP contribution in [0.5, 0.6) is 11.5 Å². The average Bonchev–Trinajstić information content (AvgIpc) is 3.07. The summed E-state index contributed by atoms with van der Waals surface area (Å²) < 4.78 is 11.3. The van der Waals surface area contributed by atoms with Crippen LogP contribution >= 0.6 is 46.1 Å². The molecule has 1 heterocycles.